The minimum Gasteiger partial charge on any atom is -0.344 e. The maximum Gasteiger partial charge on any atom is 0.191 e. The van der Waals surface area contributed by atoms with Crippen molar-refractivity contribution in [2.75, 3.05) is 13.2 Å². The highest BCUT2D eigenvalue weighted by molar-refractivity contribution is 5.39. The van der Waals surface area contributed by atoms with Crippen LogP contribution in [0.4, 0.5) is 0 Å². The maximum atomic E-state index is 5.92. The van der Waals surface area contributed by atoms with Crippen molar-refractivity contribution in [2.24, 2.45) is 5.41 Å². The zero-order chi connectivity index (χ0) is 14.1. The van der Waals surface area contributed by atoms with Crippen LogP contribution in [0.1, 0.15) is 47.5 Å². The van der Waals surface area contributed by atoms with Crippen LogP contribution in [0.3, 0.4) is 0 Å². The van der Waals surface area contributed by atoms with Crippen LogP contribution >= 0.6 is 0 Å². The first-order chi connectivity index (χ1) is 8.91. The minimum absolute atomic E-state index is 0.190. The summed E-state index contributed by atoms with van der Waals surface area (Å²) in [6.07, 6.45) is 8.62. The lowest BCUT2D eigenvalue weighted by Gasteiger charge is -2.42. The molecule has 1 aliphatic heterocycles. The van der Waals surface area contributed by atoms with Crippen LogP contribution < -0.4 is 0 Å². The summed E-state index contributed by atoms with van der Waals surface area (Å²) < 4.78 is 11.8. The summed E-state index contributed by atoms with van der Waals surface area (Å²) in [5.74, 6) is -0.445. The summed E-state index contributed by atoms with van der Waals surface area (Å²) >= 11 is 0. The molecule has 2 rings (SSSR count). The highest BCUT2D eigenvalue weighted by atomic mass is 16.7. The first kappa shape index (κ1) is 14.5. The predicted molar refractivity (Wildman–Crippen MR) is 78.9 cm³/mol. The van der Waals surface area contributed by atoms with Crippen molar-refractivity contribution in [3.63, 3.8) is 0 Å². The Kier molecular flexibility index (Phi) is 4.03. The molecule has 2 heteroatoms. The van der Waals surface area contributed by atoms with E-state index >= 15 is 0 Å². The zero-order valence-electron chi connectivity index (χ0n) is 12.9. The van der Waals surface area contributed by atoms with Crippen LogP contribution in [0.25, 0.3) is 0 Å². The summed E-state index contributed by atoms with van der Waals surface area (Å²) in [7, 11) is 0. The fourth-order valence-electron chi connectivity index (χ4n) is 2.99. The lowest BCUT2D eigenvalue weighted by molar-refractivity contribution is -0.141. The van der Waals surface area contributed by atoms with E-state index in [4.69, 9.17) is 9.47 Å². The summed E-state index contributed by atoms with van der Waals surface area (Å²) in [5.41, 5.74) is 4.09. The second-order valence-electron chi connectivity index (χ2n) is 6.24. The normalized spacial score (nSPS) is 26.7. The number of allylic oxidation sites excluding steroid dienone is 5. The molecule has 1 aliphatic carbocycles. The Morgan fingerprint density at radius 2 is 1.79 bits per heavy atom. The zero-order valence-corrected chi connectivity index (χ0v) is 12.9. The molecule has 2 nitrogen and oxygen atoms in total. The molecule has 1 heterocycles. The summed E-state index contributed by atoms with van der Waals surface area (Å²) in [5, 5.41) is 0. The van der Waals surface area contributed by atoms with Crippen LogP contribution in [-0.2, 0) is 9.47 Å². The van der Waals surface area contributed by atoms with E-state index in [9.17, 15) is 0 Å². The molecule has 0 aromatic rings. The number of rotatable bonds is 2. The molecule has 0 amide bonds. The third kappa shape index (κ3) is 2.70. The van der Waals surface area contributed by atoms with Crippen molar-refractivity contribution in [3.8, 4) is 0 Å². The molecule has 19 heavy (non-hydrogen) atoms. The maximum absolute atomic E-state index is 5.92. The second kappa shape index (κ2) is 5.26. The van der Waals surface area contributed by atoms with Gasteiger partial charge in [0, 0.05) is 6.42 Å². The molecular weight excluding hydrogens is 236 g/mol. The van der Waals surface area contributed by atoms with Gasteiger partial charge < -0.3 is 9.47 Å². The number of hydrogen-bond acceptors (Lipinski definition) is 2. The van der Waals surface area contributed by atoms with Gasteiger partial charge >= 0.3 is 0 Å². The van der Waals surface area contributed by atoms with E-state index in [1.165, 1.54) is 16.7 Å². The summed E-state index contributed by atoms with van der Waals surface area (Å²) in [6.45, 7) is 12.4. The molecule has 0 radical (unpaired) electrons. The monoisotopic (exact) mass is 262 g/mol. The van der Waals surface area contributed by atoms with Crippen LogP contribution in [-0.4, -0.2) is 19.0 Å². The van der Waals surface area contributed by atoms with Crippen molar-refractivity contribution in [2.45, 2.75) is 53.2 Å². The van der Waals surface area contributed by atoms with Crippen molar-refractivity contribution in [1.82, 2.24) is 0 Å². The average Bonchev–Trinajstić information content (AvgIpc) is 2.84. The molecule has 0 saturated carbocycles. The molecule has 0 aromatic carbocycles. The Morgan fingerprint density at radius 3 is 2.37 bits per heavy atom. The molecule has 0 bridgehead atoms. The van der Waals surface area contributed by atoms with Gasteiger partial charge in [0.2, 0.25) is 0 Å². The highest BCUT2D eigenvalue weighted by Gasteiger charge is 2.46. The lowest BCUT2D eigenvalue weighted by atomic mass is 9.70. The lowest BCUT2D eigenvalue weighted by Crippen LogP contribution is -2.39. The Balaban J connectivity index is 2.40. The van der Waals surface area contributed by atoms with E-state index in [1.807, 2.05) is 0 Å². The van der Waals surface area contributed by atoms with E-state index < -0.39 is 5.79 Å². The smallest absolute Gasteiger partial charge is 0.191 e. The Hall–Kier alpha value is -0.860. The van der Waals surface area contributed by atoms with Gasteiger partial charge in [-0.25, -0.2) is 0 Å². The largest absolute Gasteiger partial charge is 0.344 e. The van der Waals surface area contributed by atoms with Gasteiger partial charge in [0.1, 0.15) is 0 Å². The fraction of sp³-hybridized carbons (Fsp3) is 0.647. The Bertz CT molecular complexity index is 432. The molecule has 1 spiro atoms. The molecule has 0 N–H and O–H groups in total. The van der Waals surface area contributed by atoms with Crippen molar-refractivity contribution in [1.29, 1.82) is 0 Å². The Morgan fingerprint density at radius 1 is 1.16 bits per heavy atom. The second-order valence-corrected chi connectivity index (χ2v) is 6.24. The van der Waals surface area contributed by atoms with Gasteiger partial charge in [-0.1, -0.05) is 37.6 Å². The van der Waals surface area contributed by atoms with Gasteiger partial charge in [0.15, 0.2) is 5.79 Å². The molecule has 2 aliphatic rings. The van der Waals surface area contributed by atoms with Gasteiger partial charge in [-0.05, 0) is 43.8 Å². The van der Waals surface area contributed by atoms with E-state index in [0.717, 1.165) is 12.8 Å². The van der Waals surface area contributed by atoms with Crippen molar-refractivity contribution in [3.05, 3.63) is 34.9 Å². The quantitative estimate of drug-likeness (QED) is 0.687. The molecule has 106 valence electrons. The summed E-state index contributed by atoms with van der Waals surface area (Å²) in [4.78, 5) is 0. The molecule has 0 aromatic heterocycles. The van der Waals surface area contributed by atoms with Crippen LogP contribution in [0.15, 0.2) is 34.9 Å². The average molecular weight is 262 g/mol. The number of ether oxygens (including phenoxy) is 2. The van der Waals surface area contributed by atoms with Crippen LogP contribution in [0, 0.1) is 5.41 Å². The fourth-order valence-corrected chi connectivity index (χ4v) is 2.99. The standard InChI is InChI=1S/C17H26O2/c1-6-13(2)7-8-15-14(3)17(18-11-12-19-17)10-9-16(15,4)5/h6-8H,9-12H2,1-5H3/b8-7+,13-6+. The van der Waals surface area contributed by atoms with E-state index in [-0.39, 0.29) is 5.41 Å². The van der Waals surface area contributed by atoms with Crippen LogP contribution in [0.2, 0.25) is 0 Å². The highest BCUT2D eigenvalue weighted by Crippen LogP contribution is 2.48. The molecular formula is C17H26O2. The topological polar surface area (TPSA) is 18.5 Å². The van der Waals surface area contributed by atoms with Gasteiger partial charge in [0.25, 0.3) is 0 Å². The first-order valence-electron chi connectivity index (χ1n) is 7.22. The van der Waals surface area contributed by atoms with Crippen LogP contribution in [0.5, 0.6) is 0 Å². The van der Waals surface area contributed by atoms with E-state index in [0.29, 0.717) is 13.2 Å². The van der Waals surface area contributed by atoms with Gasteiger partial charge in [0.05, 0.1) is 13.2 Å². The van der Waals surface area contributed by atoms with Gasteiger partial charge in [-0.3, -0.25) is 0 Å². The SMILES string of the molecule is C/C=C(C)/C=C/C1=C(C)C2(CCC1(C)C)OCCO2. The van der Waals surface area contributed by atoms with E-state index in [2.05, 4.69) is 52.8 Å². The number of hydrogen-bond donors (Lipinski definition) is 0. The summed E-state index contributed by atoms with van der Waals surface area (Å²) in [6, 6.07) is 0. The van der Waals surface area contributed by atoms with Crippen molar-refractivity contribution >= 4 is 0 Å². The Labute approximate surface area is 117 Å². The van der Waals surface area contributed by atoms with E-state index in [1.54, 1.807) is 0 Å². The predicted octanol–water partition coefficient (Wildman–Crippen LogP) is 4.39. The molecule has 1 fully saturated rings. The first-order valence-corrected chi connectivity index (χ1v) is 7.22. The van der Waals surface area contributed by atoms with Gasteiger partial charge in [-0.2, -0.15) is 0 Å². The third-order valence-corrected chi connectivity index (χ3v) is 4.51. The minimum atomic E-state index is -0.445. The van der Waals surface area contributed by atoms with Crippen molar-refractivity contribution < 1.29 is 9.47 Å². The molecule has 0 atom stereocenters. The molecule has 1 saturated heterocycles. The third-order valence-electron chi connectivity index (χ3n) is 4.51. The molecule has 0 unspecified atom stereocenters. The van der Waals surface area contributed by atoms with Gasteiger partial charge in [-0.15, -0.1) is 0 Å².